The topological polar surface area (TPSA) is 84.3 Å². The SMILES string of the molecule is Cc1ccc(-c2ncccn2)c(C(=O)N2CCN(c3cc(C)nc(C)n3)O[C@@H](C)C2)c1. The minimum Gasteiger partial charge on any atom is -0.334 e. The summed E-state index contributed by atoms with van der Waals surface area (Å²) in [7, 11) is 0. The van der Waals surface area contributed by atoms with Crippen LogP contribution in [0.25, 0.3) is 11.4 Å². The number of benzene rings is 1. The van der Waals surface area contributed by atoms with Gasteiger partial charge in [-0.1, -0.05) is 17.7 Å². The summed E-state index contributed by atoms with van der Waals surface area (Å²) in [5, 5.41) is 1.76. The fraction of sp³-hybridized carbons (Fsp3) is 0.348. The van der Waals surface area contributed by atoms with Gasteiger partial charge in [0.05, 0.1) is 12.1 Å². The second-order valence-electron chi connectivity index (χ2n) is 7.81. The lowest BCUT2D eigenvalue weighted by Gasteiger charge is -2.23. The number of carbonyl (C=O) groups excluding carboxylic acids is 1. The van der Waals surface area contributed by atoms with Crippen LogP contribution in [0.1, 0.15) is 34.4 Å². The fourth-order valence-electron chi connectivity index (χ4n) is 3.73. The number of amides is 1. The quantitative estimate of drug-likeness (QED) is 0.646. The van der Waals surface area contributed by atoms with E-state index in [9.17, 15) is 4.79 Å². The molecule has 1 aliphatic heterocycles. The summed E-state index contributed by atoms with van der Waals surface area (Å²) in [5.41, 5.74) is 3.22. The molecule has 1 fully saturated rings. The number of hydrogen-bond acceptors (Lipinski definition) is 7. The highest BCUT2D eigenvalue weighted by molar-refractivity contribution is 6.00. The minimum atomic E-state index is -0.191. The van der Waals surface area contributed by atoms with Crippen molar-refractivity contribution in [1.82, 2.24) is 24.8 Å². The fourth-order valence-corrected chi connectivity index (χ4v) is 3.73. The van der Waals surface area contributed by atoms with E-state index in [0.717, 1.165) is 16.8 Å². The number of anilines is 1. The normalized spacial score (nSPS) is 16.8. The van der Waals surface area contributed by atoms with E-state index in [0.29, 0.717) is 42.7 Å². The number of nitrogens with zero attached hydrogens (tertiary/aromatic N) is 6. The highest BCUT2D eigenvalue weighted by Gasteiger charge is 2.28. The molecule has 8 nitrogen and oxygen atoms in total. The second kappa shape index (κ2) is 8.77. The average molecular weight is 419 g/mol. The molecule has 1 saturated heterocycles. The van der Waals surface area contributed by atoms with Crippen molar-refractivity contribution >= 4 is 11.7 Å². The molecule has 160 valence electrons. The van der Waals surface area contributed by atoms with Crippen LogP contribution in [-0.4, -0.2) is 56.5 Å². The van der Waals surface area contributed by atoms with Gasteiger partial charge in [0.25, 0.3) is 5.91 Å². The monoisotopic (exact) mass is 418 g/mol. The number of hydrogen-bond donors (Lipinski definition) is 0. The third kappa shape index (κ3) is 4.69. The molecule has 3 aromatic rings. The number of aromatic nitrogens is 4. The Balaban J connectivity index is 1.61. The van der Waals surface area contributed by atoms with Crippen LogP contribution in [0.15, 0.2) is 42.7 Å². The van der Waals surface area contributed by atoms with E-state index < -0.39 is 0 Å². The van der Waals surface area contributed by atoms with Gasteiger partial charge in [0.2, 0.25) is 0 Å². The van der Waals surface area contributed by atoms with Gasteiger partial charge in [0.15, 0.2) is 11.6 Å². The van der Waals surface area contributed by atoms with Crippen LogP contribution < -0.4 is 5.06 Å². The Labute approximate surface area is 181 Å². The maximum absolute atomic E-state index is 13.6. The molecule has 8 heteroatoms. The van der Waals surface area contributed by atoms with E-state index in [-0.39, 0.29) is 12.0 Å². The zero-order valence-corrected chi connectivity index (χ0v) is 18.2. The molecule has 0 saturated carbocycles. The molecule has 0 unspecified atom stereocenters. The van der Waals surface area contributed by atoms with Gasteiger partial charge in [-0.25, -0.2) is 25.0 Å². The first-order valence-corrected chi connectivity index (χ1v) is 10.3. The molecule has 0 spiro atoms. The van der Waals surface area contributed by atoms with Crippen molar-refractivity contribution in [1.29, 1.82) is 0 Å². The van der Waals surface area contributed by atoms with Crippen molar-refractivity contribution in [2.45, 2.75) is 33.8 Å². The van der Waals surface area contributed by atoms with Gasteiger partial charge in [0, 0.05) is 42.8 Å². The summed E-state index contributed by atoms with van der Waals surface area (Å²) in [6.45, 7) is 9.21. The zero-order chi connectivity index (χ0) is 22.0. The first kappa shape index (κ1) is 20.9. The van der Waals surface area contributed by atoms with Crippen LogP contribution in [0.4, 0.5) is 5.82 Å². The molecular weight excluding hydrogens is 392 g/mol. The van der Waals surface area contributed by atoms with E-state index in [1.165, 1.54) is 0 Å². The minimum absolute atomic E-state index is 0.0569. The maximum atomic E-state index is 13.6. The van der Waals surface area contributed by atoms with E-state index in [4.69, 9.17) is 4.84 Å². The number of carbonyl (C=O) groups is 1. The summed E-state index contributed by atoms with van der Waals surface area (Å²) in [6.07, 6.45) is 3.17. The van der Waals surface area contributed by atoms with Crippen LogP contribution in [-0.2, 0) is 4.84 Å². The van der Waals surface area contributed by atoms with Crippen LogP contribution in [0.2, 0.25) is 0 Å². The van der Waals surface area contributed by atoms with Crippen molar-refractivity contribution < 1.29 is 9.63 Å². The summed E-state index contributed by atoms with van der Waals surface area (Å²) in [5.74, 6) is 1.88. The molecule has 1 aromatic carbocycles. The Morgan fingerprint density at radius 3 is 2.58 bits per heavy atom. The van der Waals surface area contributed by atoms with Crippen molar-refractivity contribution in [3.8, 4) is 11.4 Å². The maximum Gasteiger partial charge on any atom is 0.254 e. The second-order valence-corrected chi connectivity index (χ2v) is 7.81. The first-order valence-electron chi connectivity index (χ1n) is 10.3. The Bertz CT molecular complexity index is 1070. The van der Waals surface area contributed by atoms with Crippen molar-refractivity contribution in [2.24, 2.45) is 0 Å². The largest absolute Gasteiger partial charge is 0.334 e. The number of hydroxylamine groups is 1. The Morgan fingerprint density at radius 1 is 1.06 bits per heavy atom. The van der Waals surface area contributed by atoms with Gasteiger partial charge in [0.1, 0.15) is 11.9 Å². The van der Waals surface area contributed by atoms with Gasteiger partial charge in [-0.3, -0.25) is 9.63 Å². The van der Waals surface area contributed by atoms with Crippen molar-refractivity contribution in [2.75, 3.05) is 24.7 Å². The molecule has 3 heterocycles. The molecule has 2 aromatic heterocycles. The van der Waals surface area contributed by atoms with Gasteiger partial charge in [-0.05, 0) is 39.8 Å². The number of aryl methyl sites for hydroxylation is 3. The van der Waals surface area contributed by atoms with E-state index in [1.54, 1.807) is 23.5 Å². The number of rotatable bonds is 3. The summed E-state index contributed by atoms with van der Waals surface area (Å²) < 4.78 is 0. The predicted molar refractivity (Wildman–Crippen MR) is 118 cm³/mol. The first-order chi connectivity index (χ1) is 14.9. The Morgan fingerprint density at radius 2 is 1.84 bits per heavy atom. The summed E-state index contributed by atoms with van der Waals surface area (Å²) in [4.78, 5) is 39.0. The predicted octanol–water partition coefficient (Wildman–Crippen LogP) is 3.14. The lowest BCUT2D eigenvalue weighted by Crippen LogP contribution is -2.37. The van der Waals surface area contributed by atoms with Gasteiger partial charge in [-0.2, -0.15) is 0 Å². The molecule has 0 aliphatic carbocycles. The molecule has 0 bridgehead atoms. The lowest BCUT2D eigenvalue weighted by atomic mass is 10.0. The van der Waals surface area contributed by atoms with Crippen LogP contribution >= 0.6 is 0 Å². The Kier molecular flexibility index (Phi) is 5.90. The molecule has 4 rings (SSSR count). The average Bonchev–Trinajstić information content (AvgIpc) is 2.95. The van der Waals surface area contributed by atoms with Gasteiger partial charge < -0.3 is 4.90 Å². The van der Waals surface area contributed by atoms with Crippen LogP contribution in [0.5, 0.6) is 0 Å². The molecule has 31 heavy (non-hydrogen) atoms. The van der Waals surface area contributed by atoms with Crippen LogP contribution in [0, 0.1) is 20.8 Å². The Hall–Kier alpha value is -3.39. The van der Waals surface area contributed by atoms with Gasteiger partial charge >= 0.3 is 0 Å². The molecule has 1 aliphatic rings. The highest BCUT2D eigenvalue weighted by atomic mass is 16.7. The highest BCUT2D eigenvalue weighted by Crippen LogP contribution is 2.24. The van der Waals surface area contributed by atoms with Gasteiger partial charge in [-0.15, -0.1) is 0 Å². The van der Waals surface area contributed by atoms with E-state index in [2.05, 4.69) is 19.9 Å². The third-order valence-corrected chi connectivity index (χ3v) is 5.07. The standard InChI is InChI=1S/C23H26N6O2/c1-15-6-7-19(22-24-8-5-9-25-22)20(12-15)23(30)28-10-11-29(31-17(3)14-28)21-13-16(2)26-18(4)27-21/h5-9,12-13,17H,10-11,14H2,1-4H3/t17-/m0/s1. The van der Waals surface area contributed by atoms with Crippen LogP contribution in [0.3, 0.4) is 0 Å². The molecule has 0 radical (unpaired) electrons. The third-order valence-electron chi connectivity index (χ3n) is 5.07. The van der Waals surface area contributed by atoms with E-state index >= 15 is 0 Å². The smallest absolute Gasteiger partial charge is 0.254 e. The molecular formula is C23H26N6O2. The zero-order valence-electron chi connectivity index (χ0n) is 18.2. The van der Waals surface area contributed by atoms with Crippen molar-refractivity contribution in [3.63, 3.8) is 0 Å². The summed E-state index contributed by atoms with van der Waals surface area (Å²) in [6, 6.07) is 9.44. The molecule has 0 N–H and O–H groups in total. The molecule has 1 atom stereocenters. The summed E-state index contributed by atoms with van der Waals surface area (Å²) >= 11 is 0. The molecule has 1 amide bonds. The van der Waals surface area contributed by atoms with E-state index in [1.807, 2.05) is 56.9 Å². The lowest BCUT2D eigenvalue weighted by molar-refractivity contribution is 0.0423. The van der Waals surface area contributed by atoms with Crippen molar-refractivity contribution in [3.05, 3.63) is 65.4 Å².